The molecule has 0 radical (unpaired) electrons. The van der Waals surface area contributed by atoms with Gasteiger partial charge in [0.25, 0.3) is 5.91 Å². The standard InChI is InChI=1S/C23H24N2O4/c1-3-5-14-25-22(26)18(16-24)15-17-10-12-19(13-11-17)29-23(27)20-8-6-7-9-21(20)28-4-2/h6-13,15H,3-5,14H2,1-2H3,(H,25,26)/b18-15+. The molecular weight excluding hydrogens is 368 g/mol. The highest BCUT2D eigenvalue weighted by Gasteiger charge is 2.14. The fourth-order valence-electron chi connectivity index (χ4n) is 2.50. The Morgan fingerprint density at radius 3 is 2.48 bits per heavy atom. The number of amides is 1. The Morgan fingerprint density at radius 2 is 1.83 bits per heavy atom. The number of para-hydroxylation sites is 1. The van der Waals surface area contributed by atoms with E-state index in [4.69, 9.17) is 9.47 Å². The van der Waals surface area contributed by atoms with Gasteiger partial charge < -0.3 is 14.8 Å². The zero-order valence-corrected chi connectivity index (χ0v) is 16.6. The minimum absolute atomic E-state index is 0.0245. The van der Waals surface area contributed by atoms with E-state index < -0.39 is 11.9 Å². The smallest absolute Gasteiger partial charge is 0.347 e. The molecule has 0 fully saturated rings. The largest absolute Gasteiger partial charge is 0.493 e. The van der Waals surface area contributed by atoms with E-state index in [-0.39, 0.29) is 5.57 Å². The lowest BCUT2D eigenvalue weighted by Gasteiger charge is -2.09. The van der Waals surface area contributed by atoms with E-state index in [0.717, 1.165) is 12.8 Å². The van der Waals surface area contributed by atoms with Crippen molar-refractivity contribution in [2.45, 2.75) is 26.7 Å². The van der Waals surface area contributed by atoms with Crippen molar-refractivity contribution < 1.29 is 19.1 Å². The number of esters is 1. The van der Waals surface area contributed by atoms with E-state index in [1.54, 1.807) is 48.5 Å². The molecule has 0 spiro atoms. The molecule has 1 N–H and O–H groups in total. The first-order valence-corrected chi connectivity index (χ1v) is 9.53. The molecule has 0 aliphatic rings. The second-order valence-electron chi connectivity index (χ2n) is 6.17. The summed E-state index contributed by atoms with van der Waals surface area (Å²) < 4.78 is 10.9. The minimum Gasteiger partial charge on any atom is -0.493 e. The number of hydrogen-bond donors (Lipinski definition) is 1. The molecule has 0 aliphatic carbocycles. The van der Waals surface area contributed by atoms with Crippen LogP contribution in [0.25, 0.3) is 6.08 Å². The molecule has 150 valence electrons. The summed E-state index contributed by atoms with van der Waals surface area (Å²) in [5.74, 6) is -0.106. The van der Waals surface area contributed by atoms with Crippen molar-refractivity contribution in [2.75, 3.05) is 13.2 Å². The topological polar surface area (TPSA) is 88.4 Å². The second kappa shape index (κ2) is 11.3. The van der Waals surface area contributed by atoms with Crippen LogP contribution < -0.4 is 14.8 Å². The molecule has 29 heavy (non-hydrogen) atoms. The van der Waals surface area contributed by atoms with Crippen molar-refractivity contribution in [3.8, 4) is 17.6 Å². The summed E-state index contributed by atoms with van der Waals surface area (Å²) in [5.41, 5.74) is 1.02. The van der Waals surface area contributed by atoms with Crippen molar-refractivity contribution in [1.82, 2.24) is 5.32 Å². The Hall–Kier alpha value is -3.59. The molecule has 0 saturated carbocycles. The third kappa shape index (κ3) is 6.51. The van der Waals surface area contributed by atoms with E-state index in [1.807, 2.05) is 19.9 Å². The average Bonchev–Trinajstić information content (AvgIpc) is 2.74. The molecule has 1 amide bonds. The van der Waals surface area contributed by atoms with Crippen LogP contribution in [0.5, 0.6) is 11.5 Å². The predicted octanol–water partition coefficient (Wildman–Crippen LogP) is 4.13. The fraction of sp³-hybridized carbons (Fsp3) is 0.261. The first-order valence-electron chi connectivity index (χ1n) is 9.53. The quantitative estimate of drug-likeness (QED) is 0.228. The van der Waals surface area contributed by atoms with Crippen molar-refractivity contribution in [3.63, 3.8) is 0 Å². The van der Waals surface area contributed by atoms with Gasteiger partial charge in [0.2, 0.25) is 0 Å². The lowest BCUT2D eigenvalue weighted by molar-refractivity contribution is -0.117. The Labute approximate surface area is 170 Å². The summed E-state index contributed by atoms with van der Waals surface area (Å²) in [4.78, 5) is 24.4. The van der Waals surface area contributed by atoms with Crippen molar-refractivity contribution in [2.24, 2.45) is 0 Å². The molecule has 2 rings (SSSR count). The van der Waals surface area contributed by atoms with Gasteiger partial charge in [-0.15, -0.1) is 0 Å². The first-order chi connectivity index (χ1) is 14.1. The number of benzene rings is 2. The van der Waals surface area contributed by atoms with E-state index >= 15 is 0 Å². The van der Waals surface area contributed by atoms with E-state index in [1.165, 1.54) is 6.08 Å². The maximum Gasteiger partial charge on any atom is 0.347 e. The predicted molar refractivity (Wildman–Crippen MR) is 111 cm³/mol. The maximum absolute atomic E-state index is 12.4. The van der Waals surface area contributed by atoms with Gasteiger partial charge in [-0.2, -0.15) is 5.26 Å². The average molecular weight is 392 g/mol. The molecule has 0 atom stereocenters. The number of nitriles is 1. The maximum atomic E-state index is 12.4. The van der Waals surface area contributed by atoms with Crippen LogP contribution >= 0.6 is 0 Å². The van der Waals surface area contributed by atoms with Gasteiger partial charge >= 0.3 is 5.97 Å². The van der Waals surface area contributed by atoms with Crippen LogP contribution in [0.3, 0.4) is 0 Å². The van der Waals surface area contributed by atoms with E-state index in [9.17, 15) is 14.9 Å². The number of nitrogens with one attached hydrogen (secondary N) is 1. The third-order valence-corrected chi connectivity index (χ3v) is 3.99. The highest BCUT2D eigenvalue weighted by molar-refractivity contribution is 6.01. The van der Waals surface area contributed by atoms with Crippen LogP contribution in [-0.4, -0.2) is 25.0 Å². The Kier molecular flexibility index (Phi) is 8.46. The lowest BCUT2D eigenvalue weighted by Crippen LogP contribution is -2.25. The Morgan fingerprint density at radius 1 is 1.10 bits per heavy atom. The summed E-state index contributed by atoms with van der Waals surface area (Å²) in [6, 6.07) is 15.4. The molecule has 6 heteroatoms. The number of unbranched alkanes of at least 4 members (excludes halogenated alkanes) is 1. The summed E-state index contributed by atoms with van der Waals surface area (Å²) in [6.07, 6.45) is 3.31. The van der Waals surface area contributed by atoms with Crippen LogP contribution in [-0.2, 0) is 4.79 Å². The van der Waals surface area contributed by atoms with Gasteiger partial charge in [-0.05, 0) is 49.2 Å². The molecule has 6 nitrogen and oxygen atoms in total. The zero-order chi connectivity index (χ0) is 21.1. The Balaban J connectivity index is 2.07. The van der Waals surface area contributed by atoms with Crippen LogP contribution in [0.15, 0.2) is 54.1 Å². The van der Waals surface area contributed by atoms with Crippen molar-refractivity contribution in [1.29, 1.82) is 5.26 Å². The van der Waals surface area contributed by atoms with Crippen LogP contribution in [0.4, 0.5) is 0 Å². The number of rotatable bonds is 9. The lowest BCUT2D eigenvalue weighted by atomic mass is 10.1. The molecular formula is C23H24N2O4. The third-order valence-electron chi connectivity index (χ3n) is 3.99. The monoisotopic (exact) mass is 392 g/mol. The molecule has 0 heterocycles. The van der Waals surface area contributed by atoms with Gasteiger partial charge in [0.1, 0.15) is 28.7 Å². The van der Waals surface area contributed by atoms with Gasteiger partial charge in [-0.3, -0.25) is 4.79 Å². The van der Waals surface area contributed by atoms with E-state index in [0.29, 0.717) is 35.8 Å². The first kappa shape index (κ1) is 21.7. The molecule has 0 unspecified atom stereocenters. The van der Waals surface area contributed by atoms with E-state index in [2.05, 4.69) is 5.32 Å². The molecule has 2 aromatic rings. The number of nitrogens with zero attached hydrogens (tertiary/aromatic N) is 1. The van der Waals surface area contributed by atoms with Gasteiger partial charge in [0, 0.05) is 6.54 Å². The number of ether oxygens (including phenoxy) is 2. The fourth-order valence-corrected chi connectivity index (χ4v) is 2.50. The molecule has 2 aromatic carbocycles. The number of carbonyl (C=O) groups is 2. The normalized spacial score (nSPS) is 10.7. The van der Waals surface area contributed by atoms with Crippen LogP contribution in [0.2, 0.25) is 0 Å². The summed E-state index contributed by atoms with van der Waals surface area (Å²) in [6.45, 7) is 4.84. The van der Waals surface area contributed by atoms with Gasteiger partial charge in [0.15, 0.2) is 0 Å². The molecule has 0 aliphatic heterocycles. The van der Waals surface area contributed by atoms with Crippen molar-refractivity contribution in [3.05, 3.63) is 65.2 Å². The molecule has 0 saturated heterocycles. The van der Waals surface area contributed by atoms with Gasteiger partial charge in [0.05, 0.1) is 6.61 Å². The highest BCUT2D eigenvalue weighted by atomic mass is 16.5. The summed E-state index contributed by atoms with van der Waals surface area (Å²) in [7, 11) is 0. The Bertz CT molecular complexity index is 911. The van der Waals surface area contributed by atoms with Crippen LogP contribution in [0.1, 0.15) is 42.6 Å². The zero-order valence-electron chi connectivity index (χ0n) is 16.6. The highest BCUT2D eigenvalue weighted by Crippen LogP contribution is 2.21. The number of hydrogen-bond acceptors (Lipinski definition) is 5. The van der Waals surface area contributed by atoms with Gasteiger partial charge in [-0.25, -0.2) is 4.79 Å². The molecule has 0 bridgehead atoms. The summed E-state index contributed by atoms with van der Waals surface area (Å²) in [5, 5.41) is 11.9. The SMILES string of the molecule is CCCCNC(=O)/C(C#N)=C/c1ccc(OC(=O)c2ccccc2OCC)cc1. The molecule has 0 aromatic heterocycles. The van der Waals surface area contributed by atoms with Gasteiger partial charge in [-0.1, -0.05) is 37.6 Å². The minimum atomic E-state index is -0.523. The number of carbonyl (C=O) groups excluding carboxylic acids is 2. The van der Waals surface area contributed by atoms with Crippen LogP contribution in [0, 0.1) is 11.3 Å². The second-order valence-corrected chi connectivity index (χ2v) is 6.17. The van der Waals surface area contributed by atoms with Crippen molar-refractivity contribution >= 4 is 18.0 Å². The summed E-state index contributed by atoms with van der Waals surface area (Å²) >= 11 is 0.